The predicted molar refractivity (Wildman–Crippen MR) is 59.3 cm³/mol. The quantitative estimate of drug-likeness (QED) is 0.554. The van der Waals surface area contributed by atoms with E-state index in [1.807, 2.05) is 0 Å². The number of nitrogens with one attached hydrogen (secondary N) is 1. The van der Waals surface area contributed by atoms with Crippen molar-refractivity contribution in [3.8, 4) is 0 Å². The number of hydrogen-bond donors (Lipinski definition) is 3. The van der Waals surface area contributed by atoms with Gasteiger partial charge in [-0.2, -0.15) is 0 Å². The van der Waals surface area contributed by atoms with Crippen LogP contribution < -0.4 is 5.32 Å². The molecule has 1 unspecified atom stereocenters. The summed E-state index contributed by atoms with van der Waals surface area (Å²) in [5.74, 6) is 0. The molecule has 3 heteroatoms. The fourth-order valence-electron chi connectivity index (χ4n) is 1.34. The van der Waals surface area contributed by atoms with Crippen molar-refractivity contribution in [1.29, 1.82) is 0 Å². The third-order valence-electron chi connectivity index (χ3n) is 2.51. The minimum Gasteiger partial charge on any atom is -0.396 e. The number of hydrogen-bond acceptors (Lipinski definition) is 3. The molecule has 3 N–H and O–H groups in total. The van der Waals surface area contributed by atoms with Gasteiger partial charge in [0.25, 0.3) is 0 Å². The van der Waals surface area contributed by atoms with Gasteiger partial charge >= 0.3 is 0 Å². The molecule has 0 amide bonds. The van der Waals surface area contributed by atoms with E-state index in [-0.39, 0.29) is 18.6 Å². The summed E-state index contributed by atoms with van der Waals surface area (Å²) in [4.78, 5) is 0. The van der Waals surface area contributed by atoms with Crippen LogP contribution >= 0.6 is 0 Å². The first-order chi connectivity index (χ1) is 6.52. The highest BCUT2D eigenvalue weighted by atomic mass is 16.3. The molecule has 0 spiro atoms. The topological polar surface area (TPSA) is 52.5 Å². The smallest absolute Gasteiger partial charge is 0.0436 e. The van der Waals surface area contributed by atoms with E-state index in [1.165, 1.54) is 0 Å². The lowest BCUT2D eigenvalue weighted by atomic mass is 9.89. The van der Waals surface area contributed by atoms with Gasteiger partial charge in [0.2, 0.25) is 0 Å². The summed E-state index contributed by atoms with van der Waals surface area (Å²) in [6.45, 7) is 7.86. The second-order valence-electron chi connectivity index (χ2n) is 4.79. The maximum atomic E-state index is 8.85. The standard InChI is InChI=1S/C11H25NO2/c1-10(5-4-7-13)12-9-11(2,3)6-8-14/h10,12-14H,4-9H2,1-3H3. The van der Waals surface area contributed by atoms with Gasteiger partial charge in [0.15, 0.2) is 0 Å². The Morgan fingerprint density at radius 1 is 1.21 bits per heavy atom. The van der Waals surface area contributed by atoms with Crippen molar-refractivity contribution in [1.82, 2.24) is 5.32 Å². The summed E-state index contributed by atoms with van der Waals surface area (Å²) in [7, 11) is 0. The maximum absolute atomic E-state index is 8.85. The van der Waals surface area contributed by atoms with E-state index in [2.05, 4.69) is 26.1 Å². The maximum Gasteiger partial charge on any atom is 0.0436 e. The van der Waals surface area contributed by atoms with Crippen LogP contribution in [0.1, 0.15) is 40.0 Å². The molecule has 86 valence electrons. The van der Waals surface area contributed by atoms with Gasteiger partial charge < -0.3 is 15.5 Å². The average molecular weight is 203 g/mol. The molecule has 0 aliphatic carbocycles. The van der Waals surface area contributed by atoms with Crippen molar-refractivity contribution in [2.75, 3.05) is 19.8 Å². The molecule has 0 radical (unpaired) electrons. The third-order valence-corrected chi connectivity index (χ3v) is 2.51. The first-order valence-electron chi connectivity index (χ1n) is 5.47. The lowest BCUT2D eigenvalue weighted by Gasteiger charge is -2.26. The van der Waals surface area contributed by atoms with E-state index in [0.29, 0.717) is 6.04 Å². The molecule has 1 atom stereocenters. The van der Waals surface area contributed by atoms with Crippen molar-refractivity contribution in [2.45, 2.75) is 46.1 Å². The Bertz CT molecular complexity index is 137. The molecule has 0 aromatic rings. The van der Waals surface area contributed by atoms with Gasteiger partial charge in [0, 0.05) is 25.8 Å². The van der Waals surface area contributed by atoms with Crippen LogP contribution in [-0.2, 0) is 0 Å². The lowest BCUT2D eigenvalue weighted by molar-refractivity contribution is 0.201. The Morgan fingerprint density at radius 2 is 1.86 bits per heavy atom. The summed E-state index contributed by atoms with van der Waals surface area (Å²) < 4.78 is 0. The van der Waals surface area contributed by atoms with Crippen LogP contribution in [0.4, 0.5) is 0 Å². The molecule has 0 rings (SSSR count). The minimum atomic E-state index is 0.155. The summed E-state index contributed by atoms with van der Waals surface area (Å²) in [5, 5.41) is 20.9. The Balaban J connectivity index is 3.58. The Labute approximate surface area is 87.5 Å². The van der Waals surface area contributed by atoms with Crippen LogP contribution in [0.2, 0.25) is 0 Å². The molecule has 0 aliphatic rings. The van der Waals surface area contributed by atoms with Gasteiger partial charge in [-0.25, -0.2) is 0 Å². The molecule has 0 fully saturated rings. The van der Waals surface area contributed by atoms with Crippen LogP contribution in [0.25, 0.3) is 0 Å². The van der Waals surface area contributed by atoms with E-state index < -0.39 is 0 Å². The van der Waals surface area contributed by atoms with Gasteiger partial charge in [-0.1, -0.05) is 13.8 Å². The number of rotatable bonds is 8. The van der Waals surface area contributed by atoms with Crippen LogP contribution in [0.5, 0.6) is 0 Å². The highest BCUT2D eigenvalue weighted by Crippen LogP contribution is 2.18. The Kier molecular flexibility index (Phi) is 7.15. The van der Waals surface area contributed by atoms with Crippen LogP contribution in [0.3, 0.4) is 0 Å². The second kappa shape index (κ2) is 7.21. The van der Waals surface area contributed by atoms with Crippen molar-refractivity contribution in [3.63, 3.8) is 0 Å². The zero-order chi connectivity index (χ0) is 11.0. The van der Waals surface area contributed by atoms with Crippen molar-refractivity contribution >= 4 is 0 Å². The zero-order valence-corrected chi connectivity index (χ0v) is 9.71. The fraction of sp³-hybridized carbons (Fsp3) is 1.00. The van der Waals surface area contributed by atoms with Gasteiger partial charge in [-0.15, -0.1) is 0 Å². The van der Waals surface area contributed by atoms with Gasteiger partial charge in [-0.3, -0.25) is 0 Å². The van der Waals surface area contributed by atoms with Crippen molar-refractivity contribution in [2.24, 2.45) is 5.41 Å². The van der Waals surface area contributed by atoms with Gasteiger partial charge in [-0.05, 0) is 31.6 Å². The molecule has 14 heavy (non-hydrogen) atoms. The van der Waals surface area contributed by atoms with Crippen molar-refractivity contribution in [3.05, 3.63) is 0 Å². The highest BCUT2D eigenvalue weighted by molar-refractivity contribution is 4.73. The molecule has 0 aliphatic heterocycles. The summed E-state index contributed by atoms with van der Waals surface area (Å²) in [5.41, 5.74) is 0.155. The molecule has 0 bridgehead atoms. The van der Waals surface area contributed by atoms with Gasteiger partial charge in [0.1, 0.15) is 0 Å². The highest BCUT2D eigenvalue weighted by Gasteiger charge is 2.17. The van der Waals surface area contributed by atoms with Gasteiger partial charge in [0.05, 0.1) is 0 Å². The van der Waals surface area contributed by atoms with E-state index in [1.54, 1.807) is 0 Å². The molecule has 0 aromatic carbocycles. The first kappa shape index (κ1) is 13.9. The summed E-state index contributed by atoms with van der Waals surface area (Å²) in [6, 6.07) is 0.445. The third kappa shape index (κ3) is 7.30. The number of aliphatic hydroxyl groups is 2. The zero-order valence-electron chi connectivity index (χ0n) is 9.71. The molecular weight excluding hydrogens is 178 g/mol. The minimum absolute atomic E-state index is 0.155. The molecule has 0 aromatic heterocycles. The van der Waals surface area contributed by atoms with E-state index >= 15 is 0 Å². The number of aliphatic hydroxyl groups excluding tert-OH is 2. The average Bonchev–Trinajstić information content (AvgIpc) is 2.11. The fourth-order valence-corrected chi connectivity index (χ4v) is 1.34. The van der Waals surface area contributed by atoms with Crippen LogP contribution in [0.15, 0.2) is 0 Å². The normalized spacial score (nSPS) is 14.4. The molecule has 0 saturated carbocycles. The molecule has 3 nitrogen and oxygen atoms in total. The molecule has 0 heterocycles. The second-order valence-corrected chi connectivity index (χ2v) is 4.79. The SMILES string of the molecule is CC(CCCO)NCC(C)(C)CCO. The lowest BCUT2D eigenvalue weighted by Crippen LogP contribution is -2.36. The predicted octanol–water partition coefficient (Wildman–Crippen LogP) is 1.15. The van der Waals surface area contributed by atoms with E-state index in [0.717, 1.165) is 25.8 Å². The Hall–Kier alpha value is -0.120. The Morgan fingerprint density at radius 3 is 2.36 bits per heavy atom. The van der Waals surface area contributed by atoms with Crippen LogP contribution in [0, 0.1) is 5.41 Å². The van der Waals surface area contributed by atoms with E-state index in [4.69, 9.17) is 10.2 Å². The monoisotopic (exact) mass is 203 g/mol. The summed E-state index contributed by atoms with van der Waals surface area (Å²) >= 11 is 0. The first-order valence-corrected chi connectivity index (χ1v) is 5.47. The molecular formula is C11H25NO2. The molecule has 0 saturated heterocycles. The van der Waals surface area contributed by atoms with Crippen molar-refractivity contribution < 1.29 is 10.2 Å². The van der Waals surface area contributed by atoms with Crippen LogP contribution in [-0.4, -0.2) is 36.0 Å². The van der Waals surface area contributed by atoms with E-state index in [9.17, 15) is 0 Å². The largest absolute Gasteiger partial charge is 0.396 e. The summed E-state index contributed by atoms with van der Waals surface area (Å²) in [6.07, 6.45) is 2.69.